The summed E-state index contributed by atoms with van der Waals surface area (Å²) in [6.45, 7) is 1.64. The zero-order valence-corrected chi connectivity index (χ0v) is 19.5. The average Bonchev–Trinajstić information content (AvgIpc) is 2.84. The van der Waals surface area contributed by atoms with Crippen LogP contribution in [-0.4, -0.2) is 24.0 Å². The van der Waals surface area contributed by atoms with E-state index in [-0.39, 0.29) is 36.9 Å². The van der Waals surface area contributed by atoms with E-state index in [0.29, 0.717) is 12.1 Å². The fourth-order valence-corrected chi connectivity index (χ4v) is 4.85. The van der Waals surface area contributed by atoms with Crippen LogP contribution in [0.1, 0.15) is 40.7 Å². The highest BCUT2D eigenvalue weighted by Gasteiger charge is 2.54. The topological polar surface area (TPSA) is 29.5 Å². The van der Waals surface area contributed by atoms with Crippen LogP contribution in [-0.2, 0) is 34.0 Å². The van der Waals surface area contributed by atoms with Gasteiger partial charge in [0.15, 0.2) is 5.54 Å². The minimum atomic E-state index is -5.06. The van der Waals surface area contributed by atoms with Gasteiger partial charge in [-0.05, 0) is 47.0 Å². The van der Waals surface area contributed by atoms with Gasteiger partial charge in [0.2, 0.25) is 0 Å². The van der Waals surface area contributed by atoms with E-state index in [1.165, 1.54) is 19.1 Å². The second kappa shape index (κ2) is 9.81. The lowest BCUT2D eigenvalue weighted by Gasteiger charge is -2.49. The summed E-state index contributed by atoms with van der Waals surface area (Å²) < 4.78 is 101. The van der Waals surface area contributed by atoms with E-state index in [0.717, 1.165) is 17.7 Å². The first kappa shape index (κ1) is 26.7. The van der Waals surface area contributed by atoms with Crippen molar-refractivity contribution in [1.82, 2.24) is 4.90 Å². The van der Waals surface area contributed by atoms with Gasteiger partial charge in [-0.1, -0.05) is 49.4 Å². The molecule has 3 aromatic rings. The van der Waals surface area contributed by atoms with Crippen LogP contribution < -0.4 is 0 Å². The molecule has 0 radical (unpaired) electrons. The number of benzene rings is 3. The van der Waals surface area contributed by atoms with E-state index >= 15 is 0 Å². The Bertz CT molecular complexity index is 1220. The number of morpholine rings is 1. The summed E-state index contributed by atoms with van der Waals surface area (Å²) >= 11 is 0. The predicted octanol–water partition coefficient (Wildman–Crippen LogP) is 6.92. The Labute approximate surface area is 208 Å². The van der Waals surface area contributed by atoms with Crippen LogP contribution in [0.5, 0.6) is 0 Å². The van der Waals surface area contributed by atoms with E-state index in [2.05, 4.69) is 0 Å². The SMILES string of the molecule is C[C@@H](c1cc(C(F)(F)F)cc(C(F)(F)F)c1)[C@@]1(c2ccc(F)cc2)C(=O)OCCN1Cc1ccccc1. The average molecular weight is 525 g/mol. The Balaban J connectivity index is 1.96. The molecule has 1 aliphatic heterocycles. The molecule has 3 aromatic carbocycles. The summed E-state index contributed by atoms with van der Waals surface area (Å²) in [7, 11) is 0. The minimum Gasteiger partial charge on any atom is -0.463 e. The molecule has 0 unspecified atom stereocenters. The minimum absolute atomic E-state index is 0.0300. The number of hydrogen-bond acceptors (Lipinski definition) is 3. The number of halogens is 7. The lowest BCUT2D eigenvalue weighted by Crippen LogP contribution is -2.60. The highest BCUT2D eigenvalue weighted by molar-refractivity contribution is 5.85. The van der Waals surface area contributed by atoms with Gasteiger partial charge in [-0.25, -0.2) is 9.18 Å². The summed E-state index contributed by atoms with van der Waals surface area (Å²) in [5.41, 5.74) is -4.23. The molecule has 4 rings (SSSR count). The normalized spacial score (nSPS) is 19.9. The first-order valence-corrected chi connectivity index (χ1v) is 11.3. The largest absolute Gasteiger partial charge is 0.463 e. The second-order valence-corrected chi connectivity index (χ2v) is 8.88. The molecule has 37 heavy (non-hydrogen) atoms. The van der Waals surface area contributed by atoms with Crippen LogP contribution in [0.3, 0.4) is 0 Å². The van der Waals surface area contributed by atoms with Crippen molar-refractivity contribution in [3.63, 3.8) is 0 Å². The lowest BCUT2D eigenvalue weighted by atomic mass is 9.72. The number of rotatable bonds is 5. The first-order chi connectivity index (χ1) is 17.3. The van der Waals surface area contributed by atoms with Crippen molar-refractivity contribution in [2.45, 2.75) is 37.3 Å². The fourth-order valence-electron chi connectivity index (χ4n) is 4.85. The van der Waals surface area contributed by atoms with E-state index in [1.807, 2.05) is 0 Å². The standard InChI is InChI=1S/C27H22F7NO2/c1-17(19-13-21(26(29,30)31)15-22(14-19)27(32,33)34)25(20-7-9-23(28)10-8-20)24(36)37-12-11-35(25)16-18-5-3-2-4-6-18/h2-10,13-15,17H,11-12,16H2,1H3/t17-,25+/m0/s1. The molecule has 0 aromatic heterocycles. The van der Waals surface area contributed by atoms with Crippen molar-refractivity contribution in [2.24, 2.45) is 0 Å². The molecule has 0 N–H and O–H groups in total. The smallest absolute Gasteiger partial charge is 0.416 e. The molecule has 10 heteroatoms. The van der Waals surface area contributed by atoms with E-state index in [1.54, 1.807) is 35.2 Å². The van der Waals surface area contributed by atoms with E-state index in [4.69, 9.17) is 4.74 Å². The quantitative estimate of drug-likeness (QED) is 0.268. The first-order valence-electron chi connectivity index (χ1n) is 11.3. The van der Waals surface area contributed by atoms with Crippen molar-refractivity contribution >= 4 is 5.97 Å². The highest BCUT2D eigenvalue weighted by atomic mass is 19.4. The van der Waals surface area contributed by atoms with Crippen LogP contribution in [0.25, 0.3) is 0 Å². The van der Waals surface area contributed by atoms with Crippen LogP contribution in [0.15, 0.2) is 72.8 Å². The number of alkyl halides is 6. The summed E-state index contributed by atoms with van der Waals surface area (Å²) in [5.74, 6) is -2.72. The summed E-state index contributed by atoms with van der Waals surface area (Å²) in [6.07, 6.45) is -10.1. The van der Waals surface area contributed by atoms with Gasteiger partial charge in [-0.2, -0.15) is 26.3 Å². The fraction of sp³-hybridized carbons (Fsp3) is 0.296. The molecule has 1 saturated heterocycles. The maximum atomic E-state index is 13.8. The van der Waals surface area contributed by atoms with Crippen molar-refractivity contribution in [3.05, 3.63) is 106 Å². The summed E-state index contributed by atoms with van der Waals surface area (Å²) in [4.78, 5) is 15.2. The summed E-state index contributed by atoms with van der Waals surface area (Å²) in [5, 5.41) is 0. The molecule has 2 atom stereocenters. The Morgan fingerprint density at radius 1 is 0.892 bits per heavy atom. The number of hydrogen-bond donors (Lipinski definition) is 0. The van der Waals surface area contributed by atoms with Gasteiger partial charge in [-0.3, -0.25) is 4.90 Å². The maximum absolute atomic E-state index is 13.8. The molecule has 0 amide bonds. The van der Waals surface area contributed by atoms with Crippen molar-refractivity contribution in [3.8, 4) is 0 Å². The Hall–Kier alpha value is -3.40. The zero-order valence-electron chi connectivity index (χ0n) is 19.5. The van der Waals surface area contributed by atoms with Crippen LogP contribution in [0, 0.1) is 5.82 Å². The van der Waals surface area contributed by atoms with Gasteiger partial charge < -0.3 is 4.74 Å². The molecular weight excluding hydrogens is 503 g/mol. The number of nitrogens with zero attached hydrogens (tertiary/aromatic N) is 1. The molecule has 3 nitrogen and oxygen atoms in total. The van der Waals surface area contributed by atoms with Crippen molar-refractivity contribution < 1.29 is 40.3 Å². The second-order valence-electron chi connectivity index (χ2n) is 8.88. The van der Waals surface area contributed by atoms with Gasteiger partial charge in [0.05, 0.1) is 11.1 Å². The predicted molar refractivity (Wildman–Crippen MR) is 121 cm³/mol. The van der Waals surface area contributed by atoms with Crippen molar-refractivity contribution in [2.75, 3.05) is 13.2 Å². The Morgan fingerprint density at radius 3 is 2.00 bits per heavy atom. The van der Waals surface area contributed by atoms with Crippen LogP contribution in [0.4, 0.5) is 30.7 Å². The molecule has 0 bridgehead atoms. The molecule has 0 aliphatic carbocycles. The third-order valence-electron chi connectivity index (χ3n) is 6.64. The van der Waals surface area contributed by atoms with Crippen molar-refractivity contribution in [1.29, 1.82) is 0 Å². The number of carbonyl (C=O) groups is 1. The van der Waals surface area contributed by atoms with Gasteiger partial charge in [0.1, 0.15) is 12.4 Å². The van der Waals surface area contributed by atoms with E-state index in [9.17, 15) is 35.5 Å². The molecule has 0 saturated carbocycles. The van der Waals surface area contributed by atoms with Crippen LogP contribution >= 0.6 is 0 Å². The van der Waals surface area contributed by atoms with Crippen LogP contribution in [0.2, 0.25) is 0 Å². The van der Waals surface area contributed by atoms with Gasteiger partial charge in [-0.15, -0.1) is 0 Å². The highest BCUT2D eigenvalue weighted by Crippen LogP contribution is 2.47. The molecule has 1 aliphatic rings. The number of esters is 1. The van der Waals surface area contributed by atoms with Gasteiger partial charge in [0.25, 0.3) is 0 Å². The number of cyclic esters (lactones) is 1. The zero-order chi connectivity index (χ0) is 27.0. The lowest BCUT2D eigenvalue weighted by molar-refractivity contribution is -0.173. The number of carbonyl (C=O) groups excluding carboxylic acids is 1. The van der Waals surface area contributed by atoms with Gasteiger partial charge >= 0.3 is 18.3 Å². The molecule has 1 fully saturated rings. The Morgan fingerprint density at radius 2 is 1.46 bits per heavy atom. The van der Waals surface area contributed by atoms with Gasteiger partial charge in [0, 0.05) is 19.0 Å². The molecule has 1 heterocycles. The Kier molecular flexibility index (Phi) is 7.07. The maximum Gasteiger partial charge on any atom is 0.416 e. The third kappa shape index (κ3) is 5.20. The van der Waals surface area contributed by atoms with E-state index < -0.39 is 46.7 Å². The summed E-state index contributed by atoms with van der Waals surface area (Å²) in [6, 6.07) is 14.9. The molecular formula is C27H22F7NO2. The third-order valence-corrected chi connectivity index (χ3v) is 6.64. The molecule has 0 spiro atoms. The monoisotopic (exact) mass is 525 g/mol. The number of ether oxygens (including phenoxy) is 1. The molecule has 196 valence electrons.